The lowest BCUT2D eigenvalue weighted by Gasteiger charge is -2.28. The van der Waals surface area contributed by atoms with E-state index in [0.29, 0.717) is 25.4 Å². The molecule has 0 radical (unpaired) electrons. The standard InChI is InChI=1S/C20H30O3/c1-3-22-19(23-4-2)15-18(16-11-7-5-8-12-16)20(21)17-13-9-6-10-14-17/h5,7-8,11-12,17-19H,3-4,6,9-10,13-15H2,1-2H3. The minimum atomic E-state index is -0.303. The van der Waals surface area contributed by atoms with Crippen LogP contribution < -0.4 is 0 Å². The molecular weight excluding hydrogens is 288 g/mol. The number of hydrogen-bond donors (Lipinski definition) is 0. The van der Waals surface area contributed by atoms with Crippen molar-refractivity contribution >= 4 is 5.78 Å². The molecule has 128 valence electrons. The zero-order valence-electron chi connectivity index (χ0n) is 14.5. The molecule has 0 N–H and O–H groups in total. The summed E-state index contributed by atoms with van der Waals surface area (Å²) in [7, 11) is 0. The molecule has 1 aromatic carbocycles. The van der Waals surface area contributed by atoms with E-state index >= 15 is 0 Å². The van der Waals surface area contributed by atoms with Gasteiger partial charge in [0.15, 0.2) is 6.29 Å². The molecule has 1 aliphatic carbocycles. The smallest absolute Gasteiger partial charge is 0.158 e. The summed E-state index contributed by atoms with van der Waals surface area (Å²) < 4.78 is 11.4. The fraction of sp³-hybridized carbons (Fsp3) is 0.650. The van der Waals surface area contributed by atoms with Crippen LogP contribution in [-0.4, -0.2) is 25.3 Å². The largest absolute Gasteiger partial charge is 0.353 e. The van der Waals surface area contributed by atoms with Crippen molar-refractivity contribution in [3.63, 3.8) is 0 Å². The van der Waals surface area contributed by atoms with Crippen LogP contribution in [0.15, 0.2) is 30.3 Å². The molecule has 1 aliphatic rings. The highest BCUT2D eigenvalue weighted by Gasteiger charge is 2.31. The number of Topliss-reactive ketones (excluding diaryl/α,β-unsaturated/α-hetero) is 1. The predicted octanol–water partition coefficient (Wildman–Crippen LogP) is 4.71. The van der Waals surface area contributed by atoms with Crippen LogP contribution in [0.2, 0.25) is 0 Å². The average Bonchev–Trinajstić information content (AvgIpc) is 2.61. The summed E-state index contributed by atoms with van der Waals surface area (Å²) in [5, 5.41) is 0. The second kappa shape index (κ2) is 9.84. The summed E-state index contributed by atoms with van der Waals surface area (Å²) >= 11 is 0. The first-order valence-electron chi connectivity index (χ1n) is 9.08. The second-order valence-electron chi connectivity index (χ2n) is 6.28. The number of rotatable bonds is 9. The maximum Gasteiger partial charge on any atom is 0.158 e. The lowest BCUT2D eigenvalue weighted by Crippen LogP contribution is -2.29. The molecule has 2 rings (SSSR count). The maximum atomic E-state index is 13.1. The summed E-state index contributed by atoms with van der Waals surface area (Å²) in [4.78, 5) is 13.1. The minimum Gasteiger partial charge on any atom is -0.353 e. The maximum absolute atomic E-state index is 13.1. The van der Waals surface area contributed by atoms with Gasteiger partial charge in [-0.2, -0.15) is 0 Å². The Hall–Kier alpha value is -1.19. The van der Waals surface area contributed by atoms with Crippen LogP contribution in [0.3, 0.4) is 0 Å². The summed E-state index contributed by atoms with van der Waals surface area (Å²) in [6.45, 7) is 5.13. The molecule has 1 saturated carbocycles. The number of carbonyl (C=O) groups excluding carboxylic acids is 1. The SMILES string of the molecule is CCOC(CC(C(=O)C1CCCCC1)c1ccccc1)OCC. The molecule has 0 amide bonds. The van der Waals surface area contributed by atoms with E-state index in [2.05, 4.69) is 12.1 Å². The van der Waals surface area contributed by atoms with Crippen LogP contribution in [0.4, 0.5) is 0 Å². The van der Waals surface area contributed by atoms with Crippen molar-refractivity contribution in [1.29, 1.82) is 0 Å². The molecule has 0 saturated heterocycles. The molecule has 0 bridgehead atoms. The number of hydrogen-bond acceptors (Lipinski definition) is 3. The highest BCUT2D eigenvalue weighted by Crippen LogP contribution is 2.33. The van der Waals surface area contributed by atoms with Crippen molar-refractivity contribution in [2.75, 3.05) is 13.2 Å². The van der Waals surface area contributed by atoms with Gasteiger partial charge in [-0.3, -0.25) is 4.79 Å². The van der Waals surface area contributed by atoms with Crippen LogP contribution in [0.25, 0.3) is 0 Å². The van der Waals surface area contributed by atoms with E-state index < -0.39 is 0 Å². The summed E-state index contributed by atoms with van der Waals surface area (Å²) in [5.41, 5.74) is 1.09. The van der Waals surface area contributed by atoms with Gasteiger partial charge in [0.1, 0.15) is 5.78 Å². The Morgan fingerprint density at radius 2 is 1.65 bits per heavy atom. The van der Waals surface area contributed by atoms with E-state index in [9.17, 15) is 4.79 Å². The van der Waals surface area contributed by atoms with Crippen molar-refractivity contribution in [2.45, 2.75) is 64.6 Å². The first kappa shape index (κ1) is 18.2. The number of carbonyl (C=O) groups is 1. The van der Waals surface area contributed by atoms with Crippen molar-refractivity contribution in [2.24, 2.45) is 5.92 Å². The van der Waals surface area contributed by atoms with Crippen LogP contribution >= 0.6 is 0 Å². The van der Waals surface area contributed by atoms with Gasteiger partial charge in [-0.15, -0.1) is 0 Å². The monoisotopic (exact) mass is 318 g/mol. The number of ether oxygens (including phenoxy) is 2. The Bertz CT molecular complexity index is 445. The van der Waals surface area contributed by atoms with Crippen LogP contribution in [0, 0.1) is 5.92 Å². The molecular formula is C20H30O3. The van der Waals surface area contributed by atoms with Crippen molar-refractivity contribution in [3.8, 4) is 0 Å². The molecule has 0 heterocycles. The third-order valence-corrected chi connectivity index (χ3v) is 4.69. The van der Waals surface area contributed by atoms with Crippen molar-refractivity contribution in [1.82, 2.24) is 0 Å². The third-order valence-electron chi connectivity index (χ3n) is 4.69. The highest BCUT2D eigenvalue weighted by molar-refractivity contribution is 5.88. The van der Waals surface area contributed by atoms with Gasteiger partial charge in [0.2, 0.25) is 0 Å². The Balaban J connectivity index is 2.15. The zero-order chi connectivity index (χ0) is 16.5. The van der Waals surface area contributed by atoms with Crippen molar-refractivity contribution in [3.05, 3.63) is 35.9 Å². The van der Waals surface area contributed by atoms with E-state index in [1.54, 1.807) is 0 Å². The van der Waals surface area contributed by atoms with E-state index in [4.69, 9.17) is 9.47 Å². The Labute approximate surface area is 140 Å². The van der Waals surface area contributed by atoms with Gasteiger partial charge in [-0.05, 0) is 32.3 Å². The van der Waals surface area contributed by atoms with Crippen LogP contribution in [-0.2, 0) is 14.3 Å². The van der Waals surface area contributed by atoms with E-state index in [0.717, 1.165) is 18.4 Å². The molecule has 23 heavy (non-hydrogen) atoms. The third kappa shape index (κ3) is 5.43. The first-order chi connectivity index (χ1) is 11.3. The Morgan fingerprint density at radius 3 is 2.22 bits per heavy atom. The van der Waals surface area contributed by atoms with Crippen molar-refractivity contribution < 1.29 is 14.3 Å². The molecule has 1 fully saturated rings. The average molecular weight is 318 g/mol. The lowest BCUT2D eigenvalue weighted by molar-refractivity contribution is -0.149. The molecule has 1 atom stereocenters. The fourth-order valence-electron chi connectivity index (χ4n) is 3.52. The summed E-state index contributed by atoms with van der Waals surface area (Å²) in [5.74, 6) is 0.459. The summed E-state index contributed by atoms with van der Waals surface area (Å²) in [6.07, 6.45) is 6.01. The molecule has 3 heteroatoms. The molecule has 1 unspecified atom stereocenters. The summed E-state index contributed by atoms with van der Waals surface area (Å²) in [6, 6.07) is 10.1. The fourth-order valence-corrected chi connectivity index (χ4v) is 3.52. The second-order valence-corrected chi connectivity index (χ2v) is 6.28. The van der Waals surface area contributed by atoms with Crippen LogP contribution in [0.1, 0.15) is 63.9 Å². The molecule has 1 aromatic rings. The van der Waals surface area contributed by atoms with Gasteiger partial charge in [-0.1, -0.05) is 49.6 Å². The topological polar surface area (TPSA) is 35.5 Å². The Morgan fingerprint density at radius 1 is 1.04 bits per heavy atom. The van der Waals surface area contributed by atoms with Gasteiger partial charge in [0.25, 0.3) is 0 Å². The van der Waals surface area contributed by atoms with Gasteiger partial charge in [-0.25, -0.2) is 0 Å². The minimum absolute atomic E-state index is 0.123. The highest BCUT2D eigenvalue weighted by atomic mass is 16.7. The quantitative estimate of drug-likeness (QED) is 0.619. The van der Waals surface area contributed by atoms with Crippen LogP contribution in [0.5, 0.6) is 0 Å². The number of benzene rings is 1. The van der Waals surface area contributed by atoms with E-state index in [1.807, 2.05) is 32.0 Å². The van der Waals surface area contributed by atoms with E-state index in [1.165, 1.54) is 19.3 Å². The zero-order valence-corrected chi connectivity index (χ0v) is 14.5. The van der Waals surface area contributed by atoms with Gasteiger partial charge < -0.3 is 9.47 Å². The molecule has 0 spiro atoms. The Kier molecular flexibility index (Phi) is 7.77. The lowest BCUT2D eigenvalue weighted by atomic mass is 9.78. The predicted molar refractivity (Wildman–Crippen MR) is 92.4 cm³/mol. The van der Waals surface area contributed by atoms with Gasteiger partial charge in [0.05, 0.1) is 0 Å². The molecule has 0 aromatic heterocycles. The normalized spacial score (nSPS) is 17.3. The van der Waals surface area contributed by atoms with Gasteiger partial charge >= 0.3 is 0 Å². The molecule has 3 nitrogen and oxygen atoms in total. The molecule has 0 aliphatic heterocycles. The first-order valence-corrected chi connectivity index (χ1v) is 9.08. The van der Waals surface area contributed by atoms with Gasteiger partial charge in [0, 0.05) is 31.5 Å². The van der Waals surface area contributed by atoms with E-state index in [-0.39, 0.29) is 18.1 Å². The number of ketones is 1.